The Morgan fingerprint density at radius 1 is 1.18 bits per heavy atom. The van der Waals surface area contributed by atoms with Crippen LogP contribution < -0.4 is 21.3 Å². The first-order valence-corrected chi connectivity index (χ1v) is 8.42. The van der Waals surface area contributed by atoms with Crippen molar-refractivity contribution in [3.05, 3.63) is 76.3 Å². The molecule has 0 radical (unpaired) electrons. The van der Waals surface area contributed by atoms with Gasteiger partial charge in [0.2, 0.25) is 5.43 Å². The quantitative estimate of drug-likeness (QED) is 0.354. The van der Waals surface area contributed by atoms with E-state index in [0.717, 1.165) is 10.2 Å². The summed E-state index contributed by atoms with van der Waals surface area (Å²) >= 11 is 0. The highest BCUT2D eigenvalue weighted by atomic mass is 16.7. The van der Waals surface area contributed by atoms with Gasteiger partial charge in [0.1, 0.15) is 13.2 Å². The van der Waals surface area contributed by atoms with Gasteiger partial charge in [0.25, 0.3) is 5.91 Å². The van der Waals surface area contributed by atoms with Gasteiger partial charge in [-0.2, -0.15) is 0 Å². The van der Waals surface area contributed by atoms with E-state index in [2.05, 4.69) is 5.32 Å². The van der Waals surface area contributed by atoms with Crippen LogP contribution in [0, 0.1) is 0 Å². The van der Waals surface area contributed by atoms with E-state index >= 15 is 0 Å². The molecule has 150 valence electrons. The van der Waals surface area contributed by atoms with E-state index in [0.29, 0.717) is 0 Å². The van der Waals surface area contributed by atoms with E-state index in [-0.39, 0.29) is 37.1 Å². The van der Waals surface area contributed by atoms with Crippen molar-refractivity contribution in [2.75, 3.05) is 33.2 Å². The standard InChI is InChI=1S/C19H23N3O6/c1-25-16(26-2)13-27-11-9-21-19(24)17-18(15(23)8-10-22(17)20)28-12-14-6-4-3-5-7-14/h3-8,10,13H,9,11-12,20H2,1-2H3,(H,21,24). The molecule has 1 aromatic carbocycles. The van der Waals surface area contributed by atoms with Crippen LogP contribution in [-0.4, -0.2) is 38.0 Å². The second-order valence-corrected chi connectivity index (χ2v) is 5.51. The normalized spacial score (nSPS) is 9.93. The van der Waals surface area contributed by atoms with Gasteiger partial charge in [-0.05, 0) is 5.56 Å². The van der Waals surface area contributed by atoms with Crippen LogP contribution in [0.5, 0.6) is 5.75 Å². The smallest absolute Gasteiger partial charge is 0.314 e. The highest BCUT2D eigenvalue weighted by molar-refractivity contribution is 5.95. The predicted octanol–water partition coefficient (Wildman–Crippen LogP) is 0.979. The van der Waals surface area contributed by atoms with Crippen molar-refractivity contribution >= 4 is 5.91 Å². The molecule has 0 saturated heterocycles. The second-order valence-electron chi connectivity index (χ2n) is 5.51. The first-order valence-electron chi connectivity index (χ1n) is 8.42. The number of nitrogens with zero attached hydrogens (tertiary/aromatic N) is 1. The molecular weight excluding hydrogens is 366 g/mol. The molecule has 0 aliphatic heterocycles. The third-order valence-electron chi connectivity index (χ3n) is 3.61. The number of hydrogen-bond donors (Lipinski definition) is 2. The molecule has 1 aromatic heterocycles. The maximum Gasteiger partial charge on any atom is 0.314 e. The number of amides is 1. The molecule has 9 heteroatoms. The molecule has 3 N–H and O–H groups in total. The number of methoxy groups -OCH3 is 2. The van der Waals surface area contributed by atoms with Crippen molar-refractivity contribution in [1.82, 2.24) is 9.99 Å². The van der Waals surface area contributed by atoms with E-state index in [9.17, 15) is 9.59 Å². The largest absolute Gasteiger partial charge is 0.492 e. The number of aromatic nitrogens is 1. The number of nitrogens with two attached hydrogens (primary N) is 1. The third kappa shape index (κ3) is 5.70. The Morgan fingerprint density at radius 3 is 2.57 bits per heavy atom. The summed E-state index contributed by atoms with van der Waals surface area (Å²) in [6, 6.07) is 10.5. The van der Waals surface area contributed by atoms with Crippen LogP contribution in [0.25, 0.3) is 0 Å². The van der Waals surface area contributed by atoms with Gasteiger partial charge in [0.15, 0.2) is 17.7 Å². The maximum atomic E-state index is 12.5. The number of nitrogen functional groups attached to an aromatic ring is 1. The molecule has 0 aliphatic rings. The monoisotopic (exact) mass is 389 g/mol. The zero-order chi connectivity index (χ0) is 20.4. The summed E-state index contributed by atoms with van der Waals surface area (Å²) in [6.45, 7) is 0.451. The van der Waals surface area contributed by atoms with Crippen LogP contribution in [0.1, 0.15) is 16.1 Å². The number of carbonyl (C=O) groups is 1. The molecule has 0 spiro atoms. The van der Waals surface area contributed by atoms with Crippen LogP contribution in [0.3, 0.4) is 0 Å². The number of pyridine rings is 1. The van der Waals surface area contributed by atoms with E-state index in [1.54, 1.807) is 0 Å². The second kappa shape index (κ2) is 10.5. The Hall–Kier alpha value is -3.62. The molecular formula is C19H23N3O6. The van der Waals surface area contributed by atoms with Crippen molar-refractivity contribution in [1.29, 1.82) is 0 Å². The Kier molecular flexibility index (Phi) is 7.77. The van der Waals surface area contributed by atoms with Gasteiger partial charge >= 0.3 is 5.95 Å². The summed E-state index contributed by atoms with van der Waals surface area (Å²) in [7, 11) is 2.88. The lowest BCUT2D eigenvalue weighted by molar-refractivity contribution is 0.0737. The lowest BCUT2D eigenvalue weighted by atomic mass is 10.2. The summed E-state index contributed by atoms with van der Waals surface area (Å²) in [6.07, 6.45) is 2.58. The first-order chi connectivity index (χ1) is 13.6. The van der Waals surface area contributed by atoms with Crippen LogP contribution in [0.2, 0.25) is 0 Å². The summed E-state index contributed by atoms with van der Waals surface area (Å²) in [5, 5.41) is 2.62. The van der Waals surface area contributed by atoms with E-state index in [1.807, 2.05) is 30.3 Å². The van der Waals surface area contributed by atoms with E-state index < -0.39 is 11.3 Å². The molecule has 0 bridgehead atoms. The number of nitrogens with one attached hydrogen (secondary N) is 1. The molecule has 0 unspecified atom stereocenters. The minimum absolute atomic E-state index is 0.0755. The Bertz CT molecular complexity index is 858. The van der Waals surface area contributed by atoms with Crippen molar-refractivity contribution in [3.63, 3.8) is 0 Å². The van der Waals surface area contributed by atoms with Crippen LogP contribution in [-0.2, 0) is 20.8 Å². The van der Waals surface area contributed by atoms with Gasteiger partial charge in [-0.1, -0.05) is 30.3 Å². The Morgan fingerprint density at radius 2 is 1.89 bits per heavy atom. The highest BCUT2D eigenvalue weighted by Gasteiger charge is 2.19. The van der Waals surface area contributed by atoms with Crippen molar-refractivity contribution in [2.45, 2.75) is 6.61 Å². The lowest BCUT2D eigenvalue weighted by Crippen LogP contribution is -2.34. The summed E-state index contributed by atoms with van der Waals surface area (Å²) < 4.78 is 21.6. The van der Waals surface area contributed by atoms with Crippen molar-refractivity contribution < 1.29 is 23.7 Å². The fourth-order valence-corrected chi connectivity index (χ4v) is 2.24. The fourth-order valence-electron chi connectivity index (χ4n) is 2.24. The molecule has 0 aliphatic carbocycles. The molecule has 1 heterocycles. The van der Waals surface area contributed by atoms with Crippen molar-refractivity contribution in [3.8, 4) is 5.75 Å². The van der Waals surface area contributed by atoms with Gasteiger partial charge in [-0.15, -0.1) is 0 Å². The summed E-state index contributed by atoms with van der Waals surface area (Å²) in [5.41, 5.74) is 0.341. The van der Waals surface area contributed by atoms with Crippen molar-refractivity contribution in [2.24, 2.45) is 0 Å². The molecule has 0 atom stereocenters. The minimum atomic E-state index is -0.561. The Balaban J connectivity index is 2.03. The molecule has 1 amide bonds. The van der Waals surface area contributed by atoms with Gasteiger partial charge in [0.05, 0.1) is 20.8 Å². The van der Waals surface area contributed by atoms with Gasteiger partial charge < -0.3 is 30.1 Å². The average Bonchev–Trinajstić information content (AvgIpc) is 2.71. The molecule has 2 rings (SSSR count). The highest BCUT2D eigenvalue weighted by Crippen LogP contribution is 2.14. The van der Waals surface area contributed by atoms with Gasteiger partial charge in [-0.25, -0.2) is 0 Å². The van der Waals surface area contributed by atoms with Crippen LogP contribution in [0.4, 0.5) is 0 Å². The fraction of sp³-hybridized carbons (Fsp3) is 0.263. The lowest BCUT2D eigenvalue weighted by Gasteiger charge is -2.14. The van der Waals surface area contributed by atoms with Gasteiger partial charge in [-0.3, -0.25) is 14.3 Å². The third-order valence-corrected chi connectivity index (χ3v) is 3.61. The summed E-state index contributed by atoms with van der Waals surface area (Å²) in [4.78, 5) is 24.7. The summed E-state index contributed by atoms with van der Waals surface area (Å²) in [5.74, 6) is 5.35. The molecule has 28 heavy (non-hydrogen) atoms. The number of carbonyl (C=O) groups excluding carboxylic acids is 1. The zero-order valence-corrected chi connectivity index (χ0v) is 15.7. The molecule has 2 aromatic rings. The number of benzene rings is 1. The SMILES string of the molecule is COC(=COCCNC(=O)c1c(OCc2ccccc2)c(=O)ccn1N)OC. The average molecular weight is 389 g/mol. The van der Waals surface area contributed by atoms with E-state index in [4.69, 9.17) is 24.8 Å². The van der Waals surface area contributed by atoms with Gasteiger partial charge in [0, 0.05) is 12.3 Å². The molecule has 0 saturated carbocycles. The Labute approximate surface area is 162 Å². The topological polar surface area (TPSA) is 114 Å². The number of hydrogen-bond acceptors (Lipinski definition) is 7. The van der Waals surface area contributed by atoms with E-state index in [1.165, 1.54) is 32.7 Å². The molecule has 0 fully saturated rings. The molecule has 9 nitrogen and oxygen atoms in total. The first kappa shape index (κ1) is 20.7. The minimum Gasteiger partial charge on any atom is -0.492 e. The predicted molar refractivity (Wildman–Crippen MR) is 102 cm³/mol. The number of ether oxygens (including phenoxy) is 4. The maximum absolute atomic E-state index is 12.5. The van der Waals surface area contributed by atoms with Crippen LogP contribution >= 0.6 is 0 Å². The van der Waals surface area contributed by atoms with Crippen LogP contribution in [0.15, 0.2) is 59.6 Å². The zero-order valence-electron chi connectivity index (χ0n) is 15.7. The number of rotatable bonds is 10.